The number of aliphatic imine (C=N–C) groups is 1. The molecule has 66 valence electrons. The van der Waals surface area contributed by atoms with Crippen LogP contribution in [-0.2, 0) is 4.79 Å². The molecule has 0 aromatic rings. The fourth-order valence-corrected chi connectivity index (χ4v) is 0.805. The summed E-state index contributed by atoms with van der Waals surface area (Å²) in [5.41, 5.74) is 0.990. The van der Waals surface area contributed by atoms with Crippen molar-refractivity contribution in [3.63, 3.8) is 0 Å². The van der Waals surface area contributed by atoms with Crippen molar-refractivity contribution in [2.45, 2.75) is 6.92 Å². The lowest BCUT2D eigenvalue weighted by atomic mass is 10.4. The zero-order valence-electron chi connectivity index (χ0n) is 7.14. The monoisotopic (exact) mass is 168 g/mol. The quantitative estimate of drug-likeness (QED) is 0.477. The number of carbonyl (C=O) groups excluding carboxylic acids is 1. The molecule has 0 aliphatic carbocycles. The first kappa shape index (κ1) is 8.58. The minimum atomic E-state index is -0.123. The average molecular weight is 168 g/mol. The number of nitrogens with one attached hydrogen (secondary N) is 3. The molecule has 1 heterocycles. The van der Waals surface area contributed by atoms with E-state index in [1.807, 2.05) is 7.05 Å². The normalized spacial score (nSPS) is 15.5. The number of hydrogen-bond acceptors (Lipinski definition) is 4. The fourth-order valence-electron chi connectivity index (χ4n) is 0.805. The summed E-state index contributed by atoms with van der Waals surface area (Å²) in [5.74, 6) is 0.379. The molecule has 0 unspecified atom stereocenters. The molecule has 0 saturated carbocycles. The van der Waals surface area contributed by atoms with Crippen molar-refractivity contribution >= 4 is 11.9 Å². The van der Waals surface area contributed by atoms with E-state index in [1.54, 1.807) is 6.20 Å². The van der Waals surface area contributed by atoms with Gasteiger partial charge in [0.15, 0.2) is 0 Å². The number of likely N-dealkylation sites (N-methyl/N-ethyl adjacent to an activating group) is 1. The third-order valence-corrected chi connectivity index (χ3v) is 1.41. The summed E-state index contributed by atoms with van der Waals surface area (Å²) in [7, 11) is 1.83. The summed E-state index contributed by atoms with van der Waals surface area (Å²) in [6, 6.07) is 0. The van der Waals surface area contributed by atoms with Gasteiger partial charge in [-0.25, -0.2) is 4.99 Å². The molecule has 12 heavy (non-hydrogen) atoms. The van der Waals surface area contributed by atoms with Crippen LogP contribution in [-0.4, -0.2) is 25.5 Å². The SMILES string of the molecule is CNC1=CNC(NC(C)=O)=NC1. The van der Waals surface area contributed by atoms with Crippen molar-refractivity contribution in [2.24, 2.45) is 4.99 Å². The second-order valence-corrected chi connectivity index (χ2v) is 2.41. The number of amides is 1. The van der Waals surface area contributed by atoms with E-state index in [1.165, 1.54) is 6.92 Å². The van der Waals surface area contributed by atoms with Gasteiger partial charge in [0.2, 0.25) is 11.9 Å². The van der Waals surface area contributed by atoms with E-state index >= 15 is 0 Å². The van der Waals surface area contributed by atoms with E-state index in [0.717, 1.165) is 5.70 Å². The first-order valence-corrected chi connectivity index (χ1v) is 3.67. The van der Waals surface area contributed by atoms with Crippen LogP contribution in [0.5, 0.6) is 0 Å². The van der Waals surface area contributed by atoms with Gasteiger partial charge in [0.25, 0.3) is 0 Å². The Morgan fingerprint density at radius 2 is 2.50 bits per heavy atom. The first-order valence-electron chi connectivity index (χ1n) is 3.67. The summed E-state index contributed by atoms with van der Waals surface area (Å²) >= 11 is 0. The maximum Gasteiger partial charge on any atom is 0.223 e. The Bertz CT molecular complexity index is 244. The van der Waals surface area contributed by atoms with Crippen molar-refractivity contribution in [1.82, 2.24) is 16.0 Å². The van der Waals surface area contributed by atoms with Crippen molar-refractivity contribution in [3.05, 3.63) is 11.9 Å². The molecule has 0 aromatic heterocycles. The lowest BCUT2D eigenvalue weighted by Crippen LogP contribution is -2.40. The molecular formula is C7H12N4O. The summed E-state index contributed by atoms with van der Waals surface area (Å²) in [6.45, 7) is 2.01. The van der Waals surface area contributed by atoms with Crippen molar-refractivity contribution < 1.29 is 4.79 Å². The maximum absolute atomic E-state index is 10.6. The van der Waals surface area contributed by atoms with E-state index in [2.05, 4.69) is 20.9 Å². The number of guanidine groups is 1. The van der Waals surface area contributed by atoms with Gasteiger partial charge in [-0.2, -0.15) is 0 Å². The van der Waals surface area contributed by atoms with Crippen LogP contribution in [0.1, 0.15) is 6.92 Å². The fraction of sp³-hybridized carbons (Fsp3) is 0.429. The van der Waals surface area contributed by atoms with E-state index in [-0.39, 0.29) is 5.91 Å². The van der Waals surface area contributed by atoms with E-state index in [0.29, 0.717) is 12.5 Å². The third kappa shape index (κ3) is 2.26. The largest absolute Gasteiger partial charge is 0.389 e. The van der Waals surface area contributed by atoms with E-state index in [4.69, 9.17) is 0 Å². The van der Waals surface area contributed by atoms with Crippen LogP contribution in [0.3, 0.4) is 0 Å². The Morgan fingerprint density at radius 3 is 2.92 bits per heavy atom. The van der Waals surface area contributed by atoms with Gasteiger partial charge in [-0.3, -0.25) is 10.1 Å². The Morgan fingerprint density at radius 1 is 1.75 bits per heavy atom. The summed E-state index contributed by atoms with van der Waals surface area (Å²) in [5, 5.41) is 8.36. The molecule has 0 aromatic carbocycles. The van der Waals surface area contributed by atoms with Gasteiger partial charge in [0.1, 0.15) is 0 Å². The Labute approximate surface area is 70.9 Å². The van der Waals surface area contributed by atoms with Gasteiger partial charge in [-0.05, 0) is 0 Å². The van der Waals surface area contributed by atoms with Gasteiger partial charge in [0, 0.05) is 25.9 Å². The van der Waals surface area contributed by atoms with Crippen LogP contribution in [0.2, 0.25) is 0 Å². The second-order valence-electron chi connectivity index (χ2n) is 2.41. The first-order chi connectivity index (χ1) is 5.72. The molecule has 3 N–H and O–H groups in total. The summed E-state index contributed by atoms with van der Waals surface area (Å²) < 4.78 is 0. The molecule has 5 nitrogen and oxygen atoms in total. The maximum atomic E-state index is 10.6. The molecular weight excluding hydrogens is 156 g/mol. The van der Waals surface area contributed by atoms with E-state index in [9.17, 15) is 4.79 Å². The minimum Gasteiger partial charge on any atom is -0.389 e. The van der Waals surface area contributed by atoms with E-state index < -0.39 is 0 Å². The molecule has 1 aliphatic heterocycles. The van der Waals surface area contributed by atoms with Crippen LogP contribution in [0.4, 0.5) is 0 Å². The zero-order valence-corrected chi connectivity index (χ0v) is 7.14. The second kappa shape index (κ2) is 3.75. The Kier molecular flexibility index (Phi) is 2.68. The highest BCUT2D eigenvalue weighted by molar-refractivity contribution is 5.96. The van der Waals surface area contributed by atoms with Crippen molar-refractivity contribution in [2.75, 3.05) is 13.6 Å². The van der Waals surface area contributed by atoms with Crippen LogP contribution in [0.25, 0.3) is 0 Å². The van der Waals surface area contributed by atoms with Gasteiger partial charge in [0.05, 0.1) is 6.54 Å². The summed E-state index contributed by atoms with van der Waals surface area (Å²) in [6.07, 6.45) is 1.78. The molecule has 5 heteroatoms. The van der Waals surface area contributed by atoms with Gasteiger partial charge in [-0.15, -0.1) is 0 Å². The molecule has 0 saturated heterocycles. The predicted molar refractivity (Wildman–Crippen MR) is 46.4 cm³/mol. The topological polar surface area (TPSA) is 65.5 Å². The Hall–Kier alpha value is -1.52. The molecule has 0 spiro atoms. The molecule has 0 bridgehead atoms. The van der Waals surface area contributed by atoms with Gasteiger partial charge in [-0.1, -0.05) is 0 Å². The van der Waals surface area contributed by atoms with Crippen LogP contribution in [0, 0.1) is 0 Å². The lowest BCUT2D eigenvalue weighted by molar-refractivity contribution is -0.117. The minimum absolute atomic E-state index is 0.123. The van der Waals surface area contributed by atoms with Crippen molar-refractivity contribution in [1.29, 1.82) is 0 Å². The van der Waals surface area contributed by atoms with Crippen LogP contribution in [0.15, 0.2) is 16.9 Å². The standard InChI is InChI=1S/C7H12N4O/c1-5(12)11-7-9-3-6(8-2)4-10-7/h3,8H,4H2,1-2H3,(H2,9,10,11,12). The van der Waals surface area contributed by atoms with Crippen LogP contribution >= 0.6 is 0 Å². The van der Waals surface area contributed by atoms with Gasteiger partial charge < -0.3 is 10.6 Å². The molecule has 1 rings (SSSR count). The molecule has 0 radical (unpaired) electrons. The average Bonchev–Trinajstić information content (AvgIpc) is 2.05. The molecule has 1 aliphatic rings. The lowest BCUT2D eigenvalue weighted by Gasteiger charge is -2.14. The summed E-state index contributed by atoms with van der Waals surface area (Å²) in [4.78, 5) is 14.7. The highest BCUT2D eigenvalue weighted by atomic mass is 16.1. The van der Waals surface area contributed by atoms with Crippen molar-refractivity contribution in [3.8, 4) is 0 Å². The highest BCUT2D eigenvalue weighted by Crippen LogP contribution is 1.92. The zero-order chi connectivity index (χ0) is 8.97. The van der Waals surface area contributed by atoms with Gasteiger partial charge >= 0.3 is 0 Å². The Balaban J connectivity index is 2.44. The molecule has 1 amide bonds. The number of hydrogen-bond donors (Lipinski definition) is 3. The van der Waals surface area contributed by atoms with Crippen LogP contribution < -0.4 is 16.0 Å². The molecule has 0 fully saturated rings. The smallest absolute Gasteiger partial charge is 0.223 e. The molecule has 0 atom stereocenters. The highest BCUT2D eigenvalue weighted by Gasteiger charge is 2.04. The predicted octanol–water partition coefficient (Wildman–Crippen LogP) is -0.857. The number of carbonyl (C=O) groups is 1. The number of nitrogens with zero attached hydrogens (tertiary/aromatic N) is 1. The number of rotatable bonds is 1. The third-order valence-electron chi connectivity index (χ3n) is 1.41.